The summed E-state index contributed by atoms with van der Waals surface area (Å²) in [6, 6.07) is 2.00. The summed E-state index contributed by atoms with van der Waals surface area (Å²) in [5, 5.41) is 2.01. The van der Waals surface area contributed by atoms with Crippen LogP contribution in [-0.4, -0.2) is 21.6 Å². The zero-order valence-corrected chi connectivity index (χ0v) is 19.5. The maximum atomic E-state index is 16.1. The van der Waals surface area contributed by atoms with Crippen molar-refractivity contribution in [3.8, 4) is 0 Å². The van der Waals surface area contributed by atoms with Crippen LogP contribution in [0.25, 0.3) is 5.57 Å². The first-order valence-corrected chi connectivity index (χ1v) is 11.4. The molecule has 0 atom stereocenters. The standard InChI is InChI=1S/C21H24BBrF2N2S/c1-7-15-11(3)19-18(21-17(23)9-10-28-21)20-12(4)16(8-2)14(6)27(20)22(24,25)26(19)13(15)5/h9-10H,7-8H2,1-6H3. The van der Waals surface area contributed by atoms with Gasteiger partial charge < -0.3 is 17.6 Å². The fourth-order valence-corrected chi connectivity index (χ4v) is 6.78. The van der Waals surface area contributed by atoms with Gasteiger partial charge in [-0.05, 0) is 77.8 Å². The lowest BCUT2D eigenvalue weighted by molar-refractivity contribution is -0.363. The molecular formula is C21H24BBrF2N2S. The highest BCUT2D eigenvalue weighted by Crippen LogP contribution is 2.49. The number of allylic oxidation sites excluding steroid dienone is 2. The first-order valence-electron chi connectivity index (χ1n) is 9.72. The number of halogens is 3. The second-order valence-electron chi connectivity index (χ2n) is 7.58. The first-order chi connectivity index (χ1) is 13.2. The van der Waals surface area contributed by atoms with Crippen molar-refractivity contribution in [3.05, 3.63) is 60.2 Å². The molecule has 28 heavy (non-hydrogen) atoms. The minimum atomic E-state index is -3.95. The molecule has 0 bridgehead atoms. The molecule has 0 unspecified atom stereocenters. The lowest BCUT2D eigenvalue weighted by atomic mass is 9.85. The van der Waals surface area contributed by atoms with Gasteiger partial charge in [0, 0.05) is 28.2 Å². The Hall–Kier alpha value is -1.47. The zero-order valence-electron chi connectivity index (χ0n) is 17.1. The maximum Gasteiger partial charge on any atom is 0.737 e. The van der Waals surface area contributed by atoms with Gasteiger partial charge >= 0.3 is 6.97 Å². The van der Waals surface area contributed by atoms with Crippen LogP contribution in [0, 0.1) is 13.8 Å². The van der Waals surface area contributed by atoms with Crippen LogP contribution in [0.4, 0.5) is 8.63 Å². The van der Waals surface area contributed by atoms with Gasteiger partial charge in [-0.3, -0.25) is 0 Å². The summed E-state index contributed by atoms with van der Waals surface area (Å²) in [5.41, 5.74) is 7.64. The number of thiophene rings is 1. The number of fused-ring (bicyclic) bond motifs is 2. The van der Waals surface area contributed by atoms with Crippen LogP contribution in [0.2, 0.25) is 0 Å². The third kappa shape index (κ3) is 2.32. The first kappa shape index (κ1) is 19.8. The van der Waals surface area contributed by atoms with Crippen LogP contribution in [0.1, 0.15) is 61.5 Å². The number of hydrogen-bond acceptors (Lipinski definition) is 1. The van der Waals surface area contributed by atoms with Crippen LogP contribution in [0.15, 0.2) is 32.8 Å². The van der Waals surface area contributed by atoms with Gasteiger partial charge in [-0.2, -0.15) is 0 Å². The molecule has 0 N–H and O–H groups in total. The highest BCUT2D eigenvalue weighted by atomic mass is 79.9. The molecule has 0 fully saturated rings. The van der Waals surface area contributed by atoms with Crippen molar-refractivity contribution in [1.82, 2.24) is 4.48 Å². The molecule has 0 saturated heterocycles. The molecule has 7 heteroatoms. The van der Waals surface area contributed by atoms with E-state index in [4.69, 9.17) is 0 Å². The van der Waals surface area contributed by atoms with Crippen molar-refractivity contribution in [2.45, 2.75) is 54.4 Å². The van der Waals surface area contributed by atoms with Crippen molar-refractivity contribution >= 4 is 45.5 Å². The lowest BCUT2D eigenvalue weighted by Crippen LogP contribution is -2.51. The second kappa shape index (κ2) is 6.53. The van der Waals surface area contributed by atoms with Crippen molar-refractivity contribution in [3.63, 3.8) is 0 Å². The molecule has 2 aliphatic heterocycles. The molecule has 0 aliphatic carbocycles. The molecule has 4 heterocycles. The Kier molecular flexibility index (Phi) is 4.62. The molecule has 148 valence electrons. The molecule has 0 amide bonds. The van der Waals surface area contributed by atoms with E-state index in [2.05, 4.69) is 15.9 Å². The van der Waals surface area contributed by atoms with E-state index in [1.54, 1.807) is 11.3 Å². The molecule has 2 nitrogen and oxygen atoms in total. The quantitative estimate of drug-likeness (QED) is 0.446. The van der Waals surface area contributed by atoms with Crippen LogP contribution in [0.3, 0.4) is 0 Å². The Bertz CT molecular complexity index is 1120. The summed E-state index contributed by atoms with van der Waals surface area (Å²) >= 11 is 5.25. The molecule has 0 radical (unpaired) electrons. The maximum absolute atomic E-state index is 16.1. The van der Waals surface area contributed by atoms with Crippen LogP contribution in [-0.2, 0) is 6.42 Å². The van der Waals surface area contributed by atoms with Crippen molar-refractivity contribution < 1.29 is 13.1 Å². The van der Waals surface area contributed by atoms with Crippen molar-refractivity contribution in [2.24, 2.45) is 0 Å². The number of nitrogens with zero attached hydrogens (tertiary/aromatic N) is 2. The van der Waals surface area contributed by atoms with Gasteiger partial charge in [-0.1, -0.05) is 13.8 Å². The summed E-state index contributed by atoms with van der Waals surface area (Å²) < 4.78 is 35.7. The van der Waals surface area contributed by atoms with Gasteiger partial charge in [0.1, 0.15) is 5.71 Å². The summed E-state index contributed by atoms with van der Waals surface area (Å²) in [6.45, 7) is 7.79. The smallest absolute Gasteiger partial charge is 0.393 e. The summed E-state index contributed by atoms with van der Waals surface area (Å²) in [5.74, 6) is 0. The van der Waals surface area contributed by atoms with E-state index in [1.165, 1.54) is 8.96 Å². The largest absolute Gasteiger partial charge is 0.737 e. The van der Waals surface area contributed by atoms with Crippen molar-refractivity contribution in [2.75, 3.05) is 0 Å². The van der Waals surface area contributed by atoms with Gasteiger partial charge in [-0.25, -0.2) is 0 Å². The SMILES string of the molecule is CCC1=C(C)C2=C(c3sccc3Br)c3c(C)c(CC)c(C)n3[B-](F)(F)[N+]2=C1C. The van der Waals surface area contributed by atoms with Crippen molar-refractivity contribution in [1.29, 1.82) is 0 Å². The minimum Gasteiger partial charge on any atom is -0.393 e. The van der Waals surface area contributed by atoms with Gasteiger partial charge in [0.05, 0.1) is 10.5 Å². The highest BCUT2D eigenvalue weighted by molar-refractivity contribution is 9.10. The Labute approximate surface area is 177 Å². The average molecular weight is 465 g/mol. The Morgan fingerprint density at radius 2 is 1.82 bits per heavy atom. The summed E-state index contributed by atoms with van der Waals surface area (Å²) in [7, 11) is 0. The van der Waals surface area contributed by atoms with E-state index < -0.39 is 6.97 Å². The normalized spacial score (nSPS) is 18.3. The number of rotatable bonds is 3. The number of hydrogen-bond donors (Lipinski definition) is 0. The molecule has 2 aromatic heterocycles. The Morgan fingerprint density at radius 1 is 1.14 bits per heavy atom. The predicted octanol–water partition coefficient (Wildman–Crippen LogP) is 6.70. The molecule has 0 saturated carbocycles. The van der Waals surface area contributed by atoms with Gasteiger partial charge in [0.15, 0.2) is 5.70 Å². The predicted molar refractivity (Wildman–Crippen MR) is 119 cm³/mol. The summed E-state index contributed by atoms with van der Waals surface area (Å²) in [4.78, 5) is 1.01. The van der Waals surface area contributed by atoms with Gasteiger partial charge in [0.2, 0.25) is 0 Å². The van der Waals surface area contributed by atoms with E-state index in [9.17, 15) is 0 Å². The van der Waals surface area contributed by atoms with Crippen LogP contribution >= 0.6 is 27.3 Å². The molecule has 0 aromatic carbocycles. The monoisotopic (exact) mass is 464 g/mol. The molecule has 0 spiro atoms. The fraction of sp³-hybridized carbons (Fsp3) is 0.381. The zero-order chi connectivity index (χ0) is 20.5. The second-order valence-corrected chi connectivity index (χ2v) is 9.35. The van der Waals surface area contributed by atoms with Gasteiger partial charge in [-0.15, -0.1) is 11.3 Å². The third-order valence-corrected chi connectivity index (χ3v) is 8.20. The van der Waals surface area contributed by atoms with E-state index in [-0.39, 0.29) is 0 Å². The van der Waals surface area contributed by atoms with Crippen LogP contribution in [0.5, 0.6) is 0 Å². The summed E-state index contributed by atoms with van der Waals surface area (Å²) in [6.07, 6.45) is 1.49. The molecule has 4 rings (SSSR count). The van der Waals surface area contributed by atoms with Gasteiger partial charge in [0.25, 0.3) is 0 Å². The number of aromatic nitrogens is 1. The highest BCUT2D eigenvalue weighted by Gasteiger charge is 2.57. The van der Waals surface area contributed by atoms with E-state index >= 15 is 8.63 Å². The molecular weight excluding hydrogens is 441 g/mol. The van der Waals surface area contributed by atoms with E-state index in [1.807, 2.05) is 53.0 Å². The Morgan fingerprint density at radius 3 is 2.36 bits per heavy atom. The topological polar surface area (TPSA) is 7.94 Å². The minimum absolute atomic E-state index is 0.679. The average Bonchev–Trinajstić information content (AvgIpc) is 3.24. The fourth-order valence-electron chi connectivity index (χ4n) is 5.17. The lowest BCUT2D eigenvalue weighted by Gasteiger charge is -2.33. The van der Waals surface area contributed by atoms with Crippen LogP contribution < -0.4 is 0 Å². The van der Waals surface area contributed by atoms with E-state index in [0.717, 1.165) is 50.0 Å². The Balaban J connectivity index is 2.25. The molecule has 2 aromatic rings. The third-order valence-electron chi connectivity index (χ3n) is 6.34. The van der Waals surface area contributed by atoms with E-state index in [0.29, 0.717) is 22.8 Å². The molecule has 2 aliphatic rings.